The highest BCUT2D eigenvalue weighted by Crippen LogP contribution is 2.31. The maximum Gasteiger partial charge on any atom is 0.0641 e. The van der Waals surface area contributed by atoms with Gasteiger partial charge in [0.1, 0.15) is 0 Å². The quantitative estimate of drug-likeness (QED) is 0.840. The summed E-state index contributed by atoms with van der Waals surface area (Å²) in [6.07, 6.45) is 1.01. The standard InChI is InChI=1S/C16H18N2/c1-17-11-16-14-8-4-2-6-12(14)10-13-7-3-5-9-15(13)18-16/h2-9,16-18H,10-11H2,1H3/t16-/m1/s1. The molecule has 0 unspecified atom stereocenters. The first kappa shape index (κ1) is 11.3. The number of benzene rings is 2. The van der Waals surface area contributed by atoms with Gasteiger partial charge in [-0.25, -0.2) is 0 Å². The Labute approximate surface area is 108 Å². The minimum atomic E-state index is 0.342. The average Bonchev–Trinajstić information content (AvgIpc) is 2.56. The summed E-state index contributed by atoms with van der Waals surface area (Å²) in [5.41, 5.74) is 5.47. The fourth-order valence-corrected chi connectivity index (χ4v) is 2.69. The molecule has 2 aromatic carbocycles. The molecule has 0 saturated heterocycles. The number of likely N-dealkylation sites (N-methyl/N-ethyl adjacent to an activating group) is 1. The van der Waals surface area contributed by atoms with Gasteiger partial charge in [-0.05, 0) is 36.2 Å². The van der Waals surface area contributed by atoms with E-state index in [0.717, 1.165) is 13.0 Å². The van der Waals surface area contributed by atoms with E-state index in [1.165, 1.54) is 22.4 Å². The molecule has 0 aliphatic carbocycles. The molecule has 0 saturated carbocycles. The Kier molecular flexibility index (Phi) is 3.03. The molecular formula is C16H18N2. The van der Waals surface area contributed by atoms with Gasteiger partial charge in [0.25, 0.3) is 0 Å². The van der Waals surface area contributed by atoms with Gasteiger partial charge in [-0.2, -0.15) is 0 Å². The summed E-state index contributed by atoms with van der Waals surface area (Å²) >= 11 is 0. The SMILES string of the molecule is CNC[C@H]1Nc2ccccc2Cc2ccccc21. The van der Waals surface area contributed by atoms with Gasteiger partial charge in [0.15, 0.2) is 0 Å². The van der Waals surface area contributed by atoms with E-state index in [1.54, 1.807) is 0 Å². The molecule has 2 heteroatoms. The monoisotopic (exact) mass is 238 g/mol. The second kappa shape index (κ2) is 4.83. The normalized spacial score (nSPS) is 17.3. The van der Waals surface area contributed by atoms with E-state index in [0.29, 0.717) is 6.04 Å². The summed E-state index contributed by atoms with van der Waals surface area (Å²) in [5, 5.41) is 6.93. The number of hydrogen-bond acceptors (Lipinski definition) is 2. The first-order valence-electron chi connectivity index (χ1n) is 6.45. The van der Waals surface area contributed by atoms with Crippen molar-refractivity contribution in [3.63, 3.8) is 0 Å². The van der Waals surface area contributed by atoms with Crippen molar-refractivity contribution in [1.29, 1.82) is 0 Å². The number of fused-ring (bicyclic) bond motifs is 2. The largest absolute Gasteiger partial charge is 0.377 e. The van der Waals surface area contributed by atoms with Gasteiger partial charge in [0, 0.05) is 12.2 Å². The molecule has 1 heterocycles. The van der Waals surface area contributed by atoms with Crippen LogP contribution in [0.1, 0.15) is 22.7 Å². The maximum atomic E-state index is 3.65. The first-order valence-corrected chi connectivity index (χ1v) is 6.45. The molecule has 1 aliphatic heterocycles. The summed E-state index contributed by atoms with van der Waals surface area (Å²) in [4.78, 5) is 0. The summed E-state index contributed by atoms with van der Waals surface area (Å²) in [6, 6.07) is 17.7. The summed E-state index contributed by atoms with van der Waals surface area (Å²) < 4.78 is 0. The zero-order valence-electron chi connectivity index (χ0n) is 10.6. The highest BCUT2D eigenvalue weighted by Gasteiger charge is 2.19. The smallest absolute Gasteiger partial charge is 0.0641 e. The molecule has 0 aromatic heterocycles. The molecule has 3 rings (SSSR count). The highest BCUT2D eigenvalue weighted by molar-refractivity contribution is 5.57. The Hall–Kier alpha value is -1.80. The Morgan fingerprint density at radius 1 is 1.06 bits per heavy atom. The third-order valence-electron chi connectivity index (χ3n) is 3.57. The molecule has 1 atom stereocenters. The van der Waals surface area contributed by atoms with Crippen LogP contribution in [0.4, 0.5) is 5.69 Å². The molecule has 92 valence electrons. The van der Waals surface area contributed by atoms with Crippen molar-refractivity contribution in [2.45, 2.75) is 12.5 Å². The fraction of sp³-hybridized carbons (Fsp3) is 0.250. The molecule has 0 spiro atoms. The van der Waals surface area contributed by atoms with E-state index in [2.05, 4.69) is 59.2 Å². The topological polar surface area (TPSA) is 24.1 Å². The third-order valence-corrected chi connectivity index (χ3v) is 3.57. The van der Waals surface area contributed by atoms with Crippen molar-refractivity contribution in [3.05, 3.63) is 65.2 Å². The minimum Gasteiger partial charge on any atom is -0.377 e. The maximum absolute atomic E-state index is 3.65. The van der Waals surface area contributed by atoms with Gasteiger partial charge in [-0.3, -0.25) is 0 Å². The van der Waals surface area contributed by atoms with Crippen LogP contribution in [-0.4, -0.2) is 13.6 Å². The lowest BCUT2D eigenvalue weighted by atomic mass is 9.97. The highest BCUT2D eigenvalue weighted by atomic mass is 15.0. The predicted molar refractivity (Wildman–Crippen MR) is 76.0 cm³/mol. The zero-order chi connectivity index (χ0) is 12.4. The van der Waals surface area contributed by atoms with E-state index >= 15 is 0 Å². The van der Waals surface area contributed by atoms with Crippen LogP contribution in [0.3, 0.4) is 0 Å². The number of nitrogens with one attached hydrogen (secondary N) is 2. The summed E-state index contributed by atoms with van der Waals surface area (Å²) in [7, 11) is 2.00. The Morgan fingerprint density at radius 3 is 2.61 bits per heavy atom. The van der Waals surface area contributed by atoms with Gasteiger partial charge >= 0.3 is 0 Å². The van der Waals surface area contributed by atoms with E-state index in [9.17, 15) is 0 Å². The van der Waals surface area contributed by atoms with E-state index in [4.69, 9.17) is 0 Å². The molecule has 0 fully saturated rings. The molecule has 0 bridgehead atoms. The Bertz CT molecular complexity index is 548. The first-order chi connectivity index (χ1) is 8.88. The van der Waals surface area contributed by atoms with Crippen molar-refractivity contribution >= 4 is 5.69 Å². The lowest BCUT2D eigenvalue weighted by Gasteiger charge is -2.20. The van der Waals surface area contributed by atoms with E-state index in [-0.39, 0.29) is 0 Å². The van der Waals surface area contributed by atoms with Crippen LogP contribution in [0.15, 0.2) is 48.5 Å². The molecule has 1 aliphatic rings. The van der Waals surface area contributed by atoms with Crippen LogP contribution in [0.25, 0.3) is 0 Å². The molecule has 2 nitrogen and oxygen atoms in total. The average molecular weight is 238 g/mol. The lowest BCUT2D eigenvalue weighted by molar-refractivity contribution is 0.688. The van der Waals surface area contributed by atoms with E-state index < -0.39 is 0 Å². The number of para-hydroxylation sites is 1. The Morgan fingerprint density at radius 2 is 1.78 bits per heavy atom. The van der Waals surface area contributed by atoms with Gasteiger partial charge < -0.3 is 10.6 Å². The van der Waals surface area contributed by atoms with Crippen molar-refractivity contribution in [2.24, 2.45) is 0 Å². The van der Waals surface area contributed by atoms with Crippen molar-refractivity contribution in [2.75, 3.05) is 18.9 Å². The Balaban J connectivity index is 2.08. The van der Waals surface area contributed by atoms with Crippen LogP contribution in [-0.2, 0) is 6.42 Å². The number of anilines is 1. The second-order valence-corrected chi connectivity index (χ2v) is 4.79. The van der Waals surface area contributed by atoms with Gasteiger partial charge in [0.05, 0.1) is 6.04 Å². The van der Waals surface area contributed by atoms with Gasteiger partial charge in [-0.1, -0.05) is 42.5 Å². The summed E-state index contributed by atoms with van der Waals surface area (Å²) in [5.74, 6) is 0. The molecule has 0 amide bonds. The van der Waals surface area contributed by atoms with Crippen LogP contribution in [0, 0.1) is 0 Å². The molecule has 2 aromatic rings. The molecule has 18 heavy (non-hydrogen) atoms. The minimum absolute atomic E-state index is 0.342. The third kappa shape index (κ3) is 2.00. The van der Waals surface area contributed by atoms with Crippen molar-refractivity contribution in [3.8, 4) is 0 Å². The van der Waals surface area contributed by atoms with Crippen LogP contribution in [0.5, 0.6) is 0 Å². The van der Waals surface area contributed by atoms with Gasteiger partial charge in [0.2, 0.25) is 0 Å². The number of rotatable bonds is 2. The predicted octanol–water partition coefficient (Wildman–Crippen LogP) is 2.96. The molecule has 0 radical (unpaired) electrons. The zero-order valence-corrected chi connectivity index (χ0v) is 10.6. The lowest BCUT2D eigenvalue weighted by Crippen LogP contribution is -2.23. The van der Waals surface area contributed by atoms with Crippen molar-refractivity contribution in [1.82, 2.24) is 5.32 Å². The second-order valence-electron chi connectivity index (χ2n) is 4.79. The van der Waals surface area contributed by atoms with Crippen LogP contribution >= 0.6 is 0 Å². The van der Waals surface area contributed by atoms with Crippen LogP contribution in [0.2, 0.25) is 0 Å². The van der Waals surface area contributed by atoms with E-state index in [1.807, 2.05) is 7.05 Å². The van der Waals surface area contributed by atoms with Crippen LogP contribution < -0.4 is 10.6 Å². The molecule has 2 N–H and O–H groups in total. The summed E-state index contributed by atoms with van der Waals surface area (Å²) in [6.45, 7) is 0.936. The van der Waals surface area contributed by atoms with Gasteiger partial charge in [-0.15, -0.1) is 0 Å². The molecular weight excluding hydrogens is 220 g/mol. The fourth-order valence-electron chi connectivity index (χ4n) is 2.69. The number of hydrogen-bond donors (Lipinski definition) is 2. The van der Waals surface area contributed by atoms with Crippen molar-refractivity contribution < 1.29 is 0 Å².